The lowest BCUT2D eigenvalue weighted by molar-refractivity contribution is -0.118. The first-order valence-corrected chi connectivity index (χ1v) is 11.5. The summed E-state index contributed by atoms with van der Waals surface area (Å²) in [7, 11) is 0. The third kappa shape index (κ3) is 5.46. The molecule has 1 aromatic heterocycles. The van der Waals surface area contributed by atoms with E-state index in [2.05, 4.69) is 0 Å². The highest BCUT2D eigenvalue weighted by Crippen LogP contribution is 2.41. The van der Waals surface area contributed by atoms with E-state index in [1.54, 1.807) is 18.2 Å². The highest BCUT2D eigenvalue weighted by molar-refractivity contribution is 5.91. The van der Waals surface area contributed by atoms with Gasteiger partial charge in [0.15, 0.2) is 11.5 Å². The molecule has 180 valence electrons. The van der Waals surface area contributed by atoms with Gasteiger partial charge in [-0.05, 0) is 24.6 Å². The van der Waals surface area contributed by atoms with Crippen LogP contribution in [0.15, 0.2) is 69.9 Å². The maximum absolute atomic E-state index is 13.0. The lowest BCUT2D eigenvalue weighted by atomic mass is 10.0. The second-order valence-electron chi connectivity index (χ2n) is 8.40. The Bertz CT molecular complexity index is 1420. The summed E-state index contributed by atoms with van der Waals surface area (Å²) in [4.78, 5) is 25.4. The fourth-order valence-electron chi connectivity index (χ4n) is 3.99. The van der Waals surface area contributed by atoms with Crippen LogP contribution >= 0.6 is 0 Å². The summed E-state index contributed by atoms with van der Waals surface area (Å²) < 4.78 is 11.4. The van der Waals surface area contributed by atoms with E-state index in [1.807, 2.05) is 25.1 Å². The molecule has 0 atom stereocenters. The van der Waals surface area contributed by atoms with Gasteiger partial charge >= 0.3 is 5.63 Å². The van der Waals surface area contributed by atoms with Crippen LogP contribution in [0.4, 0.5) is 0 Å². The third-order valence-corrected chi connectivity index (χ3v) is 5.66. The fraction of sp³-hybridized carbons (Fsp3) is 0.214. The summed E-state index contributed by atoms with van der Waals surface area (Å²) in [6.45, 7) is 2.04. The van der Waals surface area contributed by atoms with Crippen LogP contribution in [0.5, 0.6) is 28.7 Å². The summed E-state index contributed by atoms with van der Waals surface area (Å²) in [5, 5.41) is 31.2. The molecule has 3 aromatic carbocycles. The zero-order valence-electron chi connectivity index (χ0n) is 19.3. The second-order valence-corrected chi connectivity index (χ2v) is 8.40. The van der Waals surface area contributed by atoms with Crippen LogP contribution in [-0.2, 0) is 11.2 Å². The predicted octanol–water partition coefficient (Wildman–Crippen LogP) is 6.06. The minimum Gasteiger partial charge on any atom is -0.508 e. The van der Waals surface area contributed by atoms with Gasteiger partial charge in [0.1, 0.15) is 34.2 Å². The molecular formula is C28H26O7. The SMILES string of the molecule is CCCCCC(=O)Cc1cc(O)cc(O)c1Oc1cc(O)cc2cc(-c3ccccc3)oc(=O)c12. The third-order valence-electron chi connectivity index (χ3n) is 5.66. The Morgan fingerprint density at radius 2 is 1.69 bits per heavy atom. The molecule has 0 aliphatic rings. The highest BCUT2D eigenvalue weighted by atomic mass is 16.5. The maximum atomic E-state index is 13.0. The van der Waals surface area contributed by atoms with Crippen LogP contribution in [0.1, 0.15) is 38.2 Å². The van der Waals surface area contributed by atoms with Gasteiger partial charge in [-0.2, -0.15) is 0 Å². The normalized spacial score (nSPS) is 11.0. The topological polar surface area (TPSA) is 117 Å². The Labute approximate surface area is 201 Å². The quantitative estimate of drug-likeness (QED) is 0.252. The molecule has 0 fully saturated rings. The predicted molar refractivity (Wildman–Crippen MR) is 132 cm³/mol. The van der Waals surface area contributed by atoms with Gasteiger partial charge in [-0.3, -0.25) is 4.79 Å². The molecule has 0 radical (unpaired) electrons. The van der Waals surface area contributed by atoms with Gasteiger partial charge in [-0.25, -0.2) is 4.79 Å². The molecule has 4 aromatic rings. The largest absolute Gasteiger partial charge is 0.508 e. The number of benzene rings is 3. The summed E-state index contributed by atoms with van der Waals surface area (Å²) in [5.41, 5.74) is 0.273. The molecule has 0 aliphatic heterocycles. The molecular weight excluding hydrogens is 448 g/mol. The molecule has 1 heterocycles. The van der Waals surface area contributed by atoms with Crippen molar-refractivity contribution >= 4 is 16.6 Å². The number of hydrogen-bond donors (Lipinski definition) is 3. The van der Waals surface area contributed by atoms with Gasteiger partial charge in [-0.1, -0.05) is 50.1 Å². The van der Waals surface area contributed by atoms with Crippen LogP contribution in [-0.4, -0.2) is 21.1 Å². The first kappa shape index (κ1) is 23.9. The molecule has 0 bridgehead atoms. The number of phenolic OH excluding ortho intramolecular Hbond substituents is 3. The number of ketones is 1. The summed E-state index contributed by atoms with van der Waals surface area (Å²) >= 11 is 0. The molecule has 0 saturated heterocycles. The molecule has 4 rings (SSSR count). The van der Waals surface area contributed by atoms with E-state index in [-0.39, 0.29) is 46.2 Å². The van der Waals surface area contributed by atoms with E-state index in [1.165, 1.54) is 18.2 Å². The number of phenols is 3. The lowest BCUT2D eigenvalue weighted by Gasteiger charge is -2.15. The smallest absolute Gasteiger partial charge is 0.347 e. The molecule has 0 spiro atoms. The van der Waals surface area contributed by atoms with Gasteiger partial charge in [0.2, 0.25) is 0 Å². The Balaban J connectivity index is 1.76. The number of rotatable bonds is 9. The molecule has 7 nitrogen and oxygen atoms in total. The lowest BCUT2D eigenvalue weighted by Crippen LogP contribution is -2.06. The number of unbranched alkanes of at least 4 members (excludes halogenated alkanes) is 2. The van der Waals surface area contributed by atoms with Crippen LogP contribution in [0, 0.1) is 0 Å². The Morgan fingerprint density at radius 3 is 2.43 bits per heavy atom. The summed E-state index contributed by atoms with van der Waals surface area (Å²) in [5.74, 6) is -0.652. The first-order chi connectivity index (χ1) is 16.9. The standard InChI is InChI=1S/C28H26O7/c1-2-3-5-10-20(29)12-19-13-21(30)15-23(32)27(19)34-25-16-22(31)11-18-14-24(35-28(33)26(18)25)17-8-6-4-7-9-17/h4,6-9,11,13-16,30-32H,2-3,5,10,12H2,1H3. The van der Waals surface area contributed by atoms with Crippen LogP contribution in [0.2, 0.25) is 0 Å². The van der Waals surface area contributed by atoms with Crippen LogP contribution in [0.25, 0.3) is 22.1 Å². The van der Waals surface area contributed by atoms with E-state index in [4.69, 9.17) is 9.15 Å². The van der Waals surface area contributed by atoms with E-state index < -0.39 is 11.4 Å². The number of fused-ring (bicyclic) bond motifs is 1. The van der Waals surface area contributed by atoms with Gasteiger partial charge in [0.05, 0.1) is 0 Å². The first-order valence-electron chi connectivity index (χ1n) is 11.5. The van der Waals surface area contributed by atoms with Crippen molar-refractivity contribution in [2.24, 2.45) is 0 Å². The van der Waals surface area contributed by atoms with Gasteiger partial charge < -0.3 is 24.5 Å². The number of aromatic hydroxyl groups is 3. The fourth-order valence-corrected chi connectivity index (χ4v) is 3.99. The van der Waals surface area contributed by atoms with Crippen molar-refractivity contribution in [1.82, 2.24) is 0 Å². The van der Waals surface area contributed by atoms with Crippen molar-refractivity contribution in [1.29, 1.82) is 0 Å². The zero-order chi connectivity index (χ0) is 24.9. The molecule has 0 unspecified atom stereocenters. The number of hydrogen-bond acceptors (Lipinski definition) is 7. The monoisotopic (exact) mass is 474 g/mol. The number of ether oxygens (including phenoxy) is 1. The number of Topliss-reactive ketones (excluding diaryl/α,β-unsaturated/α-hetero) is 1. The number of carbonyl (C=O) groups is 1. The van der Waals surface area contributed by atoms with Crippen molar-refractivity contribution in [3.05, 3.63) is 76.6 Å². The minimum atomic E-state index is -0.688. The van der Waals surface area contributed by atoms with Crippen molar-refractivity contribution in [2.45, 2.75) is 39.0 Å². The minimum absolute atomic E-state index is 0.0472. The average Bonchev–Trinajstić information content (AvgIpc) is 2.81. The Kier molecular flexibility index (Phi) is 7.06. The van der Waals surface area contributed by atoms with Crippen LogP contribution < -0.4 is 10.4 Å². The molecule has 0 saturated carbocycles. The Hall–Kier alpha value is -4.26. The number of carbonyl (C=O) groups excluding carboxylic acids is 1. The summed E-state index contributed by atoms with van der Waals surface area (Å²) in [6, 6.07) is 15.8. The summed E-state index contributed by atoms with van der Waals surface area (Å²) in [6.07, 6.45) is 2.96. The maximum Gasteiger partial charge on any atom is 0.347 e. The second kappa shape index (κ2) is 10.3. The zero-order valence-corrected chi connectivity index (χ0v) is 19.3. The van der Waals surface area contributed by atoms with E-state index in [0.717, 1.165) is 25.3 Å². The molecule has 7 heteroatoms. The van der Waals surface area contributed by atoms with E-state index >= 15 is 0 Å². The van der Waals surface area contributed by atoms with Gasteiger partial charge in [0, 0.05) is 41.5 Å². The molecule has 0 amide bonds. The molecule has 35 heavy (non-hydrogen) atoms. The van der Waals surface area contributed by atoms with Gasteiger partial charge in [0.25, 0.3) is 0 Å². The van der Waals surface area contributed by atoms with Gasteiger partial charge in [-0.15, -0.1) is 0 Å². The van der Waals surface area contributed by atoms with Crippen molar-refractivity contribution in [3.63, 3.8) is 0 Å². The van der Waals surface area contributed by atoms with Crippen LogP contribution in [0.3, 0.4) is 0 Å². The van der Waals surface area contributed by atoms with Crippen molar-refractivity contribution < 1.29 is 29.3 Å². The molecule has 3 N–H and O–H groups in total. The average molecular weight is 475 g/mol. The Morgan fingerprint density at radius 1 is 0.943 bits per heavy atom. The highest BCUT2D eigenvalue weighted by Gasteiger charge is 2.20. The van der Waals surface area contributed by atoms with E-state index in [9.17, 15) is 24.9 Å². The van der Waals surface area contributed by atoms with Crippen molar-refractivity contribution in [2.75, 3.05) is 0 Å². The molecule has 0 aliphatic carbocycles. The van der Waals surface area contributed by atoms with E-state index in [0.29, 0.717) is 23.1 Å². The van der Waals surface area contributed by atoms with Crippen molar-refractivity contribution in [3.8, 4) is 40.1 Å².